The lowest BCUT2D eigenvalue weighted by atomic mass is 9.87. The van der Waals surface area contributed by atoms with Gasteiger partial charge in [-0.15, -0.1) is 5.10 Å². The van der Waals surface area contributed by atoms with Gasteiger partial charge in [-0.1, -0.05) is 24.6 Å². The minimum atomic E-state index is -3.99. The molecule has 0 bridgehead atoms. The molecule has 1 unspecified atom stereocenters. The predicted octanol–water partition coefficient (Wildman–Crippen LogP) is 3.86. The number of hydrogen-bond acceptors (Lipinski definition) is 5. The zero-order chi connectivity index (χ0) is 22.5. The average molecular weight is 466 g/mol. The molecule has 0 spiro atoms. The van der Waals surface area contributed by atoms with Crippen LogP contribution in [0.4, 0.5) is 4.39 Å². The minimum absolute atomic E-state index is 0.105. The van der Waals surface area contributed by atoms with Gasteiger partial charge in [0.1, 0.15) is 11.9 Å². The van der Waals surface area contributed by atoms with Gasteiger partial charge < -0.3 is 4.42 Å². The molecule has 0 radical (unpaired) electrons. The van der Waals surface area contributed by atoms with E-state index in [0.717, 1.165) is 5.56 Å². The van der Waals surface area contributed by atoms with Crippen molar-refractivity contribution in [3.63, 3.8) is 0 Å². The van der Waals surface area contributed by atoms with Crippen LogP contribution >= 0.6 is 11.6 Å². The number of aromatic amines is 1. The zero-order valence-corrected chi connectivity index (χ0v) is 18.7. The third-order valence-electron chi connectivity index (χ3n) is 5.89. The van der Waals surface area contributed by atoms with Crippen LogP contribution in [0, 0.1) is 19.7 Å². The number of benzene rings is 2. The zero-order valence-electron chi connectivity index (χ0n) is 17.1. The van der Waals surface area contributed by atoms with Crippen molar-refractivity contribution in [2.45, 2.75) is 44.0 Å². The molecule has 1 aliphatic heterocycles. The summed E-state index contributed by atoms with van der Waals surface area (Å²) in [5.41, 5.74) is 2.54. The van der Waals surface area contributed by atoms with E-state index < -0.39 is 33.6 Å². The van der Waals surface area contributed by atoms with Gasteiger partial charge in [-0.05, 0) is 66.8 Å². The SMILES string of the molecule is Cc1ccc(F)c([C@H](C)C(c2n[nH]c(=O)o2)N2CCc3cc(Cl)ccc3S2(=O)=O)c1C. The lowest BCUT2D eigenvalue weighted by Gasteiger charge is -2.36. The maximum Gasteiger partial charge on any atom is 0.434 e. The molecule has 0 aliphatic carbocycles. The van der Waals surface area contributed by atoms with Crippen LogP contribution in [0.3, 0.4) is 0 Å². The Hall–Kier alpha value is -2.49. The molecular weight excluding hydrogens is 445 g/mol. The standard InChI is InChI=1S/C21H21ClFN3O4S/c1-11-4-6-16(23)18(12(11)2)13(3)19(20-24-25-21(27)30-20)26-9-8-14-10-15(22)5-7-17(14)31(26,28)29/h4-7,10,13,19H,8-9H2,1-3H3,(H,25,27)/t13-,19?/m0/s1. The van der Waals surface area contributed by atoms with Gasteiger partial charge in [0.25, 0.3) is 0 Å². The van der Waals surface area contributed by atoms with Crippen molar-refractivity contribution < 1.29 is 17.2 Å². The lowest BCUT2D eigenvalue weighted by molar-refractivity contribution is 0.236. The topological polar surface area (TPSA) is 96.3 Å². The van der Waals surface area contributed by atoms with Crippen molar-refractivity contribution in [3.05, 3.63) is 79.9 Å². The molecule has 2 heterocycles. The number of aryl methyl sites for hydroxylation is 1. The van der Waals surface area contributed by atoms with Gasteiger partial charge in [0.05, 0.1) is 4.90 Å². The summed E-state index contributed by atoms with van der Waals surface area (Å²) in [6, 6.07) is 6.60. The first-order valence-electron chi connectivity index (χ1n) is 9.72. The number of fused-ring (bicyclic) bond motifs is 1. The van der Waals surface area contributed by atoms with Crippen molar-refractivity contribution in [1.82, 2.24) is 14.5 Å². The average Bonchev–Trinajstić information content (AvgIpc) is 3.12. The van der Waals surface area contributed by atoms with E-state index in [4.69, 9.17) is 16.0 Å². The van der Waals surface area contributed by atoms with E-state index in [-0.39, 0.29) is 17.3 Å². The molecule has 0 amide bonds. The summed E-state index contributed by atoms with van der Waals surface area (Å²) < 4.78 is 48.4. The van der Waals surface area contributed by atoms with Crippen LogP contribution in [-0.4, -0.2) is 29.5 Å². The van der Waals surface area contributed by atoms with Gasteiger partial charge in [-0.2, -0.15) is 4.31 Å². The van der Waals surface area contributed by atoms with E-state index in [1.54, 1.807) is 26.0 Å². The molecule has 164 valence electrons. The molecule has 1 aromatic heterocycles. The molecule has 10 heteroatoms. The molecule has 2 atom stereocenters. The van der Waals surface area contributed by atoms with E-state index >= 15 is 0 Å². The molecule has 31 heavy (non-hydrogen) atoms. The second kappa shape index (κ2) is 7.89. The molecule has 4 rings (SSSR count). The largest absolute Gasteiger partial charge is 0.434 e. The normalized spacial score (nSPS) is 17.8. The van der Waals surface area contributed by atoms with Gasteiger partial charge >= 0.3 is 5.76 Å². The summed E-state index contributed by atoms with van der Waals surface area (Å²) in [5, 5.41) is 6.53. The van der Waals surface area contributed by atoms with Crippen LogP contribution in [0.2, 0.25) is 5.02 Å². The number of halogens is 2. The summed E-state index contributed by atoms with van der Waals surface area (Å²) in [5.74, 6) is -2.07. The Kier molecular flexibility index (Phi) is 5.53. The number of sulfonamides is 1. The van der Waals surface area contributed by atoms with Crippen molar-refractivity contribution in [3.8, 4) is 0 Å². The van der Waals surface area contributed by atoms with Gasteiger partial charge in [0.15, 0.2) is 0 Å². The van der Waals surface area contributed by atoms with E-state index in [9.17, 15) is 17.6 Å². The van der Waals surface area contributed by atoms with Gasteiger partial charge in [-0.25, -0.2) is 22.7 Å². The van der Waals surface area contributed by atoms with Crippen LogP contribution < -0.4 is 5.76 Å². The second-order valence-electron chi connectivity index (χ2n) is 7.71. The molecule has 0 saturated carbocycles. The molecule has 7 nitrogen and oxygen atoms in total. The number of nitrogens with one attached hydrogen (secondary N) is 1. The number of H-pyrrole nitrogens is 1. The number of aromatic nitrogens is 2. The highest BCUT2D eigenvalue weighted by atomic mass is 35.5. The van der Waals surface area contributed by atoms with Gasteiger partial charge in [0.2, 0.25) is 15.9 Å². The van der Waals surface area contributed by atoms with Crippen LogP contribution in [-0.2, 0) is 16.4 Å². The van der Waals surface area contributed by atoms with E-state index in [0.29, 0.717) is 28.1 Å². The molecule has 0 saturated heterocycles. The maximum absolute atomic E-state index is 14.9. The summed E-state index contributed by atoms with van der Waals surface area (Å²) in [4.78, 5) is 11.8. The number of nitrogens with zero attached hydrogens (tertiary/aromatic N) is 2. The van der Waals surface area contributed by atoms with Crippen LogP contribution in [0.25, 0.3) is 0 Å². The highest BCUT2D eigenvalue weighted by Gasteiger charge is 2.43. The van der Waals surface area contributed by atoms with Crippen molar-refractivity contribution in [2.75, 3.05) is 6.54 Å². The fraction of sp³-hybridized carbons (Fsp3) is 0.333. The third-order valence-corrected chi connectivity index (χ3v) is 8.11. The first-order valence-corrected chi connectivity index (χ1v) is 11.5. The Morgan fingerprint density at radius 2 is 2.00 bits per heavy atom. The smallest absolute Gasteiger partial charge is 0.391 e. The summed E-state index contributed by atoms with van der Waals surface area (Å²) in [6.07, 6.45) is 0.405. The first-order chi connectivity index (χ1) is 14.6. The molecule has 1 aliphatic rings. The van der Waals surface area contributed by atoms with Crippen molar-refractivity contribution >= 4 is 21.6 Å². The second-order valence-corrected chi connectivity index (χ2v) is 10.0. The van der Waals surface area contributed by atoms with Crippen LogP contribution in [0.15, 0.2) is 44.4 Å². The predicted molar refractivity (Wildman–Crippen MR) is 113 cm³/mol. The lowest BCUT2D eigenvalue weighted by Crippen LogP contribution is -2.42. The Labute approximate surface area is 183 Å². The molecule has 0 fully saturated rings. The molecular formula is C21H21ClFN3O4S. The highest BCUT2D eigenvalue weighted by Crippen LogP contribution is 2.42. The Balaban J connectivity index is 1.89. The molecule has 2 aromatic carbocycles. The number of hydrogen-bond donors (Lipinski definition) is 1. The number of rotatable bonds is 4. The summed E-state index contributed by atoms with van der Waals surface area (Å²) >= 11 is 6.03. The quantitative estimate of drug-likeness (QED) is 0.631. The van der Waals surface area contributed by atoms with Crippen LogP contribution in [0.5, 0.6) is 0 Å². The minimum Gasteiger partial charge on any atom is -0.391 e. The van der Waals surface area contributed by atoms with Gasteiger partial charge in [0, 0.05) is 17.5 Å². The van der Waals surface area contributed by atoms with E-state index in [1.807, 2.05) is 6.92 Å². The Morgan fingerprint density at radius 1 is 1.26 bits per heavy atom. The third kappa shape index (κ3) is 3.71. The van der Waals surface area contributed by atoms with Crippen molar-refractivity contribution in [2.24, 2.45) is 0 Å². The molecule has 3 aromatic rings. The first kappa shape index (κ1) is 21.7. The van der Waals surface area contributed by atoms with Crippen molar-refractivity contribution in [1.29, 1.82) is 0 Å². The van der Waals surface area contributed by atoms with Crippen LogP contribution in [0.1, 0.15) is 47.0 Å². The van der Waals surface area contributed by atoms with E-state index in [1.165, 1.54) is 22.5 Å². The highest BCUT2D eigenvalue weighted by molar-refractivity contribution is 7.89. The fourth-order valence-electron chi connectivity index (χ4n) is 4.24. The fourth-order valence-corrected chi connectivity index (χ4v) is 6.32. The maximum atomic E-state index is 14.9. The Bertz CT molecular complexity index is 1320. The van der Waals surface area contributed by atoms with Gasteiger partial charge in [-0.3, -0.25) is 0 Å². The monoisotopic (exact) mass is 465 g/mol. The summed E-state index contributed by atoms with van der Waals surface area (Å²) in [7, 11) is -3.99. The summed E-state index contributed by atoms with van der Waals surface area (Å²) in [6.45, 7) is 5.45. The molecule has 1 N–H and O–H groups in total. The Morgan fingerprint density at radius 3 is 2.68 bits per heavy atom. The van der Waals surface area contributed by atoms with E-state index in [2.05, 4.69) is 10.2 Å².